The zero-order chi connectivity index (χ0) is 20.1. The molecule has 0 aliphatic rings. The van der Waals surface area contributed by atoms with Gasteiger partial charge in [-0.05, 0) is 54.3 Å². The number of hydrogen-bond donors (Lipinski definition) is 1. The highest BCUT2D eigenvalue weighted by Crippen LogP contribution is 2.23. The fourth-order valence-corrected chi connectivity index (χ4v) is 3.92. The van der Waals surface area contributed by atoms with Crippen molar-refractivity contribution < 1.29 is 4.74 Å². The third-order valence-electron chi connectivity index (χ3n) is 5.55. The molecule has 0 aliphatic carbocycles. The van der Waals surface area contributed by atoms with Gasteiger partial charge in [0.2, 0.25) is 0 Å². The molecule has 0 fully saturated rings. The van der Waals surface area contributed by atoms with Gasteiger partial charge in [0.15, 0.2) is 0 Å². The summed E-state index contributed by atoms with van der Waals surface area (Å²) < 4.78 is 7.83. The van der Waals surface area contributed by atoms with Gasteiger partial charge in [-0.15, -0.1) is 0 Å². The Morgan fingerprint density at radius 3 is 2.38 bits per heavy atom. The second-order valence-electron chi connectivity index (χ2n) is 7.46. The van der Waals surface area contributed by atoms with Crippen molar-refractivity contribution in [1.82, 2.24) is 9.88 Å². The fraction of sp³-hybridized carbons (Fsp3) is 0.231. The molecule has 3 nitrogen and oxygen atoms in total. The number of benzene rings is 3. The number of aryl methyl sites for hydroxylation is 1. The Balaban J connectivity index is 1.47. The topological polar surface area (TPSA) is 26.2 Å². The maximum absolute atomic E-state index is 5.46. The van der Waals surface area contributed by atoms with Crippen molar-refractivity contribution in [2.24, 2.45) is 0 Å². The number of nitrogens with zero attached hydrogens (tertiary/aromatic N) is 1. The Morgan fingerprint density at radius 2 is 1.55 bits per heavy atom. The van der Waals surface area contributed by atoms with E-state index in [0.29, 0.717) is 0 Å². The minimum Gasteiger partial charge on any atom is -0.496 e. The molecular weight excluding hydrogens is 356 g/mol. The van der Waals surface area contributed by atoms with Gasteiger partial charge in [0.05, 0.1) is 7.11 Å². The van der Waals surface area contributed by atoms with Crippen molar-refractivity contribution in [2.45, 2.75) is 26.4 Å². The fourth-order valence-electron chi connectivity index (χ4n) is 3.92. The zero-order valence-electron chi connectivity index (χ0n) is 17.2. The largest absolute Gasteiger partial charge is 0.496 e. The van der Waals surface area contributed by atoms with Crippen molar-refractivity contribution >= 4 is 10.9 Å². The third kappa shape index (κ3) is 4.36. The molecule has 1 aromatic heterocycles. The molecule has 1 heterocycles. The number of methoxy groups -OCH3 is 1. The van der Waals surface area contributed by atoms with Crippen LogP contribution in [0.3, 0.4) is 0 Å². The van der Waals surface area contributed by atoms with Crippen molar-refractivity contribution in [3.05, 3.63) is 101 Å². The molecule has 4 aromatic rings. The molecule has 0 amide bonds. The van der Waals surface area contributed by atoms with Crippen molar-refractivity contribution in [1.29, 1.82) is 0 Å². The average Bonchev–Trinajstić information content (AvgIpc) is 3.11. The van der Waals surface area contributed by atoms with Crippen LogP contribution in [0.2, 0.25) is 0 Å². The molecule has 148 valence electrons. The quantitative estimate of drug-likeness (QED) is 0.415. The number of aromatic nitrogens is 1. The van der Waals surface area contributed by atoms with E-state index in [4.69, 9.17) is 4.74 Å². The number of fused-ring (bicyclic) bond motifs is 1. The summed E-state index contributed by atoms with van der Waals surface area (Å²) in [6.45, 7) is 4.85. The molecule has 0 radical (unpaired) electrons. The van der Waals surface area contributed by atoms with Crippen LogP contribution in [0.15, 0.2) is 79.0 Å². The van der Waals surface area contributed by atoms with Gasteiger partial charge in [0, 0.05) is 30.2 Å². The molecule has 3 heteroatoms. The molecule has 0 unspecified atom stereocenters. The Kier molecular flexibility index (Phi) is 5.97. The molecule has 0 saturated carbocycles. The van der Waals surface area contributed by atoms with E-state index in [9.17, 15) is 0 Å². The summed E-state index contributed by atoms with van der Waals surface area (Å²) in [6.07, 6.45) is 3.25. The number of nitrogens with one attached hydrogen (secondary N) is 1. The van der Waals surface area contributed by atoms with E-state index in [-0.39, 0.29) is 0 Å². The summed E-state index contributed by atoms with van der Waals surface area (Å²) in [6, 6.07) is 25.5. The number of hydrogen-bond acceptors (Lipinski definition) is 2. The summed E-state index contributed by atoms with van der Waals surface area (Å²) in [7, 11) is 1.73. The van der Waals surface area contributed by atoms with Gasteiger partial charge in [-0.25, -0.2) is 0 Å². The number of para-hydroxylation sites is 2. The van der Waals surface area contributed by atoms with Gasteiger partial charge < -0.3 is 14.6 Å². The molecule has 0 spiro atoms. The lowest BCUT2D eigenvalue weighted by atomic mass is 10.1. The van der Waals surface area contributed by atoms with Crippen LogP contribution in [0, 0.1) is 6.92 Å². The van der Waals surface area contributed by atoms with Crippen LogP contribution in [0.25, 0.3) is 10.9 Å². The summed E-state index contributed by atoms with van der Waals surface area (Å²) >= 11 is 0. The Hall–Kier alpha value is -3.04. The van der Waals surface area contributed by atoms with E-state index < -0.39 is 0 Å². The van der Waals surface area contributed by atoms with Gasteiger partial charge in [0.25, 0.3) is 0 Å². The van der Waals surface area contributed by atoms with E-state index in [0.717, 1.165) is 31.8 Å². The molecule has 3 aromatic carbocycles. The monoisotopic (exact) mass is 384 g/mol. The SMILES string of the molecule is COc1ccccc1CCNCc1cn(Cc2ccccc2C)c2ccccc12. The minimum absolute atomic E-state index is 0.858. The Bertz CT molecular complexity index is 1100. The van der Waals surface area contributed by atoms with Gasteiger partial charge in [-0.1, -0.05) is 60.7 Å². The van der Waals surface area contributed by atoms with E-state index in [1.54, 1.807) is 7.11 Å². The molecular formula is C26H28N2O. The summed E-state index contributed by atoms with van der Waals surface area (Å²) in [5.41, 5.74) is 6.57. The van der Waals surface area contributed by atoms with E-state index in [1.807, 2.05) is 12.1 Å². The standard InChI is InChI=1S/C26H28N2O/c1-20-9-3-4-11-22(20)18-28-19-23(24-12-6-7-13-25(24)28)17-27-16-15-21-10-5-8-14-26(21)29-2/h3-14,19,27H,15-18H2,1-2H3. The molecule has 0 bridgehead atoms. The zero-order valence-corrected chi connectivity index (χ0v) is 17.2. The van der Waals surface area contributed by atoms with Crippen LogP contribution in [0.4, 0.5) is 0 Å². The van der Waals surface area contributed by atoms with Gasteiger partial charge in [-0.2, -0.15) is 0 Å². The van der Waals surface area contributed by atoms with Crippen molar-refractivity contribution in [3.63, 3.8) is 0 Å². The normalized spacial score (nSPS) is 11.1. The first-order chi connectivity index (χ1) is 14.3. The van der Waals surface area contributed by atoms with Gasteiger partial charge >= 0.3 is 0 Å². The highest BCUT2D eigenvalue weighted by molar-refractivity contribution is 5.84. The average molecular weight is 385 g/mol. The molecule has 0 atom stereocenters. The second kappa shape index (κ2) is 8.97. The van der Waals surface area contributed by atoms with Crippen LogP contribution in [0.5, 0.6) is 5.75 Å². The number of ether oxygens (including phenoxy) is 1. The van der Waals surface area contributed by atoms with Crippen LogP contribution in [0.1, 0.15) is 22.3 Å². The van der Waals surface area contributed by atoms with Gasteiger partial charge in [-0.3, -0.25) is 0 Å². The molecule has 0 aliphatic heterocycles. The van der Waals surface area contributed by atoms with E-state index >= 15 is 0 Å². The summed E-state index contributed by atoms with van der Waals surface area (Å²) in [4.78, 5) is 0. The van der Waals surface area contributed by atoms with Crippen LogP contribution < -0.4 is 10.1 Å². The molecule has 1 N–H and O–H groups in total. The Labute approximate surface area is 172 Å². The first-order valence-electron chi connectivity index (χ1n) is 10.2. The van der Waals surface area contributed by atoms with Gasteiger partial charge in [0.1, 0.15) is 5.75 Å². The molecule has 0 saturated heterocycles. The number of rotatable bonds is 8. The second-order valence-corrected chi connectivity index (χ2v) is 7.46. The lowest BCUT2D eigenvalue weighted by Crippen LogP contribution is -2.16. The van der Waals surface area contributed by atoms with E-state index in [1.165, 1.54) is 33.2 Å². The third-order valence-corrected chi connectivity index (χ3v) is 5.55. The maximum atomic E-state index is 5.46. The van der Waals surface area contributed by atoms with E-state index in [2.05, 4.69) is 83.7 Å². The van der Waals surface area contributed by atoms with Crippen LogP contribution in [-0.4, -0.2) is 18.2 Å². The first-order valence-corrected chi connectivity index (χ1v) is 10.2. The van der Waals surface area contributed by atoms with Crippen molar-refractivity contribution in [2.75, 3.05) is 13.7 Å². The summed E-state index contributed by atoms with van der Waals surface area (Å²) in [5, 5.41) is 4.94. The Morgan fingerprint density at radius 1 is 0.828 bits per heavy atom. The predicted octanol–water partition coefficient (Wildman–Crippen LogP) is 5.34. The van der Waals surface area contributed by atoms with Crippen molar-refractivity contribution in [3.8, 4) is 5.75 Å². The highest BCUT2D eigenvalue weighted by Gasteiger charge is 2.09. The highest BCUT2D eigenvalue weighted by atomic mass is 16.5. The lowest BCUT2D eigenvalue weighted by molar-refractivity contribution is 0.409. The minimum atomic E-state index is 0.858. The van der Waals surface area contributed by atoms with Crippen LogP contribution >= 0.6 is 0 Å². The van der Waals surface area contributed by atoms with Crippen LogP contribution in [-0.2, 0) is 19.5 Å². The predicted molar refractivity (Wildman–Crippen MR) is 121 cm³/mol. The maximum Gasteiger partial charge on any atom is 0.122 e. The first kappa shape index (κ1) is 19.3. The lowest BCUT2D eigenvalue weighted by Gasteiger charge is -2.09. The smallest absolute Gasteiger partial charge is 0.122 e. The summed E-state index contributed by atoms with van der Waals surface area (Å²) in [5.74, 6) is 0.962. The molecule has 29 heavy (non-hydrogen) atoms. The molecule has 4 rings (SSSR count).